The first-order valence-corrected chi connectivity index (χ1v) is 14.2. The van der Waals surface area contributed by atoms with Gasteiger partial charge in [-0.15, -0.1) is 0 Å². The number of hydrogen-bond acceptors (Lipinski definition) is 5. The summed E-state index contributed by atoms with van der Waals surface area (Å²) in [7, 11) is 0. The van der Waals surface area contributed by atoms with E-state index in [1.165, 1.54) is 11.0 Å². The van der Waals surface area contributed by atoms with Crippen LogP contribution in [0.15, 0.2) is 78.9 Å². The molecule has 3 amide bonds. The number of rotatable bonds is 7. The zero-order valence-electron chi connectivity index (χ0n) is 21.0. The third-order valence-corrected chi connectivity index (χ3v) is 8.70. The molecule has 194 valence electrons. The lowest BCUT2D eigenvalue weighted by molar-refractivity contribution is -0.143. The predicted molar refractivity (Wildman–Crippen MR) is 145 cm³/mol. The third-order valence-electron chi connectivity index (χ3n) is 8.06. The highest BCUT2D eigenvalue weighted by molar-refractivity contribution is 7.98. The van der Waals surface area contributed by atoms with Crippen molar-refractivity contribution >= 4 is 35.2 Å². The number of thioether (sulfide) groups is 1. The zero-order valence-corrected chi connectivity index (χ0v) is 21.8. The van der Waals surface area contributed by atoms with Gasteiger partial charge in [0.05, 0.1) is 24.9 Å². The summed E-state index contributed by atoms with van der Waals surface area (Å²) in [4.78, 5) is 45.2. The Hall–Kier alpha value is -3.49. The number of carbonyl (C=O) groups is 3. The Morgan fingerprint density at radius 2 is 1.58 bits per heavy atom. The van der Waals surface area contributed by atoms with Crippen molar-refractivity contribution in [2.45, 2.75) is 31.1 Å². The van der Waals surface area contributed by atoms with Gasteiger partial charge in [0.2, 0.25) is 11.8 Å². The van der Waals surface area contributed by atoms with E-state index >= 15 is 0 Å². The number of nitrogens with one attached hydrogen (secondary N) is 1. The van der Waals surface area contributed by atoms with Crippen LogP contribution in [0.5, 0.6) is 0 Å². The second kappa shape index (κ2) is 9.67. The number of nitrogens with zero attached hydrogens (tertiary/aromatic N) is 2. The third kappa shape index (κ3) is 3.69. The minimum Gasteiger partial charge on any atom is -0.306 e. The molecule has 6 nitrogen and oxygen atoms in total. The number of anilines is 1. The lowest BCUT2D eigenvalue weighted by Gasteiger charge is -2.30. The van der Waals surface area contributed by atoms with Crippen molar-refractivity contribution in [1.29, 1.82) is 0 Å². The molecule has 3 aliphatic heterocycles. The molecule has 3 aromatic rings. The summed E-state index contributed by atoms with van der Waals surface area (Å²) in [6.45, 7) is 0.209. The molecule has 3 aliphatic rings. The Kier molecular flexibility index (Phi) is 6.32. The second-order valence-electron chi connectivity index (χ2n) is 10.1. The van der Waals surface area contributed by atoms with E-state index < -0.39 is 23.2 Å². The van der Waals surface area contributed by atoms with Gasteiger partial charge in [-0.05, 0) is 36.1 Å². The fourth-order valence-corrected chi connectivity index (χ4v) is 6.87. The molecule has 1 N–H and O–H groups in total. The average molecular weight is 530 g/mol. The number of halogens is 1. The number of amides is 3. The van der Waals surface area contributed by atoms with E-state index in [9.17, 15) is 18.8 Å². The molecule has 0 saturated carbocycles. The fraction of sp³-hybridized carbons (Fsp3) is 0.300. The first-order chi connectivity index (χ1) is 18.5. The van der Waals surface area contributed by atoms with Crippen LogP contribution < -0.4 is 10.2 Å². The van der Waals surface area contributed by atoms with E-state index in [0.717, 1.165) is 11.3 Å². The van der Waals surface area contributed by atoms with Gasteiger partial charge in [-0.1, -0.05) is 66.7 Å². The first kappa shape index (κ1) is 24.8. The predicted octanol–water partition coefficient (Wildman–Crippen LogP) is 4.09. The van der Waals surface area contributed by atoms with Gasteiger partial charge in [-0.3, -0.25) is 24.6 Å². The standard InChI is InChI=1S/C30H28FN3O3S/c1-38-16-15-23-25-26(28(36)34(27(25)35)17-19-9-3-2-4-10-19)30(32-23)21-12-6-8-14-24(21)33(29(30)37)18-20-11-5-7-13-22(20)31/h2-14,23,25-26,32H,15-18H2,1H3. The molecule has 0 bridgehead atoms. The van der Waals surface area contributed by atoms with Crippen LogP contribution in [0.25, 0.3) is 0 Å². The van der Waals surface area contributed by atoms with E-state index in [1.807, 2.05) is 60.9 Å². The summed E-state index contributed by atoms with van der Waals surface area (Å²) in [5, 5.41) is 3.52. The number of hydrogen-bond donors (Lipinski definition) is 1. The van der Waals surface area contributed by atoms with Crippen molar-refractivity contribution in [2.24, 2.45) is 11.8 Å². The van der Waals surface area contributed by atoms with Gasteiger partial charge >= 0.3 is 0 Å². The Morgan fingerprint density at radius 1 is 0.868 bits per heavy atom. The van der Waals surface area contributed by atoms with Gasteiger partial charge in [0.1, 0.15) is 11.4 Å². The molecule has 2 saturated heterocycles. The molecule has 8 heteroatoms. The Balaban J connectivity index is 1.44. The molecule has 38 heavy (non-hydrogen) atoms. The van der Waals surface area contributed by atoms with Gasteiger partial charge in [-0.2, -0.15) is 11.8 Å². The SMILES string of the molecule is CSCCC1NC2(C(=O)N(Cc3ccccc3F)c3ccccc32)C2C(=O)N(Cc3ccccc3)C(=O)C12. The van der Waals surface area contributed by atoms with Gasteiger partial charge in [0.25, 0.3) is 5.91 Å². The summed E-state index contributed by atoms with van der Waals surface area (Å²) >= 11 is 1.66. The molecular weight excluding hydrogens is 501 g/mol. The Bertz CT molecular complexity index is 1420. The summed E-state index contributed by atoms with van der Waals surface area (Å²) in [6.07, 6.45) is 2.64. The van der Waals surface area contributed by atoms with Crippen molar-refractivity contribution in [2.75, 3.05) is 16.9 Å². The average Bonchev–Trinajstić information content (AvgIpc) is 3.49. The molecule has 4 unspecified atom stereocenters. The molecule has 0 radical (unpaired) electrons. The molecular formula is C30H28FN3O3S. The topological polar surface area (TPSA) is 69.7 Å². The lowest BCUT2D eigenvalue weighted by Crippen LogP contribution is -2.55. The maximum absolute atomic E-state index is 14.6. The maximum atomic E-state index is 14.6. The van der Waals surface area contributed by atoms with E-state index in [0.29, 0.717) is 23.2 Å². The molecule has 6 rings (SSSR count). The summed E-state index contributed by atoms with van der Waals surface area (Å²) < 4.78 is 14.6. The largest absolute Gasteiger partial charge is 0.306 e. The lowest BCUT2D eigenvalue weighted by atomic mass is 9.76. The van der Waals surface area contributed by atoms with E-state index in [2.05, 4.69) is 5.32 Å². The zero-order chi connectivity index (χ0) is 26.4. The van der Waals surface area contributed by atoms with Crippen LogP contribution in [0.3, 0.4) is 0 Å². The molecule has 3 heterocycles. The Morgan fingerprint density at radius 3 is 2.34 bits per heavy atom. The van der Waals surface area contributed by atoms with Crippen LogP contribution in [0.4, 0.5) is 10.1 Å². The second-order valence-corrected chi connectivity index (χ2v) is 11.1. The molecule has 0 aliphatic carbocycles. The fourth-order valence-electron chi connectivity index (χ4n) is 6.38. The van der Waals surface area contributed by atoms with Gasteiger partial charge < -0.3 is 4.90 Å². The number of imide groups is 1. The highest BCUT2D eigenvalue weighted by atomic mass is 32.2. The minimum absolute atomic E-state index is 0.0364. The molecule has 1 spiro atoms. The molecule has 3 aromatic carbocycles. The minimum atomic E-state index is -1.38. The molecule has 0 aromatic heterocycles. The van der Waals surface area contributed by atoms with E-state index in [-0.39, 0.29) is 36.9 Å². The van der Waals surface area contributed by atoms with Gasteiger partial charge in [0, 0.05) is 22.9 Å². The number of likely N-dealkylation sites (tertiary alicyclic amines) is 1. The smallest absolute Gasteiger partial charge is 0.253 e. The monoisotopic (exact) mass is 529 g/mol. The Labute approximate surface area is 225 Å². The van der Waals surface area contributed by atoms with Crippen LogP contribution in [0.2, 0.25) is 0 Å². The van der Waals surface area contributed by atoms with Crippen LogP contribution in [-0.2, 0) is 33.0 Å². The van der Waals surface area contributed by atoms with Crippen molar-refractivity contribution in [3.63, 3.8) is 0 Å². The van der Waals surface area contributed by atoms with Crippen LogP contribution in [0, 0.1) is 17.7 Å². The summed E-state index contributed by atoms with van der Waals surface area (Å²) in [6, 6.07) is 22.8. The van der Waals surface area contributed by atoms with Gasteiger partial charge in [-0.25, -0.2) is 4.39 Å². The number of benzene rings is 3. The highest BCUT2D eigenvalue weighted by Crippen LogP contribution is 2.55. The van der Waals surface area contributed by atoms with E-state index in [4.69, 9.17) is 0 Å². The summed E-state index contributed by atoms with van der Waals surface area (Å²) in [5.74, 6) is -2.02. The van der Waals surface area contributed by atoms with Crippen molar-refractivity contribution in [3.8, 4) is 0 Å². The normalized spacial score (nSPS) is 25.9. The van der Waals surface area contributed by atoms with Gasteiger partial charge in [0.15, 0.2) is 0 Å². The van der Waals surface area contributed by atoms with Crippen LogP contribution in [0.1, 0.15) is 23.1 Å². The number of fused-ring (bicyclic) bond motifs is 4. The maximum Gasteiger partial charge on any atom is 0.253 e. The quantitative estimate of drug-likeness (QED) is 0.467. The molecule has 4 atom stereocenters. The summed E-state index contributed by atoms with van der Waals surface area (Å²) in [5.41, 5.74) is 1.18. The number of carbonyl (C=O) groups excluding carboxylic acids is 3. The van der Waals surface area contributed by atoms with Crippen molar-refractivity contribution < 1.29 is 18.8 Å². The molecule has 2 fully saturated rings. The highest BCUT2D eigenvalue weighted by Gasteiger charge is 2.71. The van der Waals surface area contributed by atoms with Crippen LogP contribution >= 0.6 is 11.8 Å². The first-order valence-electron chi connectivity index (χ1n) is 12.8. The van der Waals surface area contributed by atoms with Crippen molar-refractivity contribution in [3.05, 3.63) is 101 Å². The van der Waals surface area contributed by atoms with Crippen LogP contribution in [-0.4, -0.2) is 40.7 Å². The van der Waals surface area contributed by atoms with E-state index in [1.54, 1.807) is 34.9 Å². The number of para-hydroxylation sites is 1. The van der Waals surface area contributed by atoms with Crippen molar-refractivity contribution in [1.82, 2.24) is 10.2 Å².